The second-order valence-electron chi connectivity index (χ2n) is 5.17. The molecule has 0 unspecified atom stereocenters. The third-order valence-electron chi connectivity index (χ3n) is 3.48. The van der Waals surface area contributed by atoms with E-state index in [4.69, 9.17) is 9.84 Å². The van der Waals surface area contributed by atoms with Crippen LogP contribution in [-0.2, 0) is 19.7 Å². The number of nitro benzene ring substituents is 1. The lowest BCUT2D eigenvalue weighted by Gasteiger charge is -2.11. The van der Waals surface area contributed by atoms with Crippen LogP contribution in [0, 0.1) is 15.9 Å². The summed E-state index contributed by atoms with van der Waals surface area (Å²) >= 11 is 0. The Labute approximate surface area is 139 Å². The molecule has 0 fully saturated rings. The first kappa shape index (κ1) is 17.8. The fourth-order valence-electron chi connectivity index (χ4n) is 2.31. The lowest BCUT2D eigenvalue weighted by molar-refractivity contribution is -0.384. The molecule has 0 aliphatic carbocycles. The number of ether oxygens (including phenoxy) is 1. The van der Waals surface area contributed by atoms with Crippen LogP contribution in [-0.4, -0.2) is 16.6 Å². The molecule has 0 saturated heterocycles. The summed E-state index contributed by atoms with van der Waals surface area (Å²) in [6.45, 7) is 2.74. The van der Waals surface area contributed by atoms with Crippen LogP contribution in [0.3, 0.4) is 0 Å². The number of rotatable bonds is 8. The van der Waals surface area contributed by atoms with Gasteiger partial charge < -0.3 is 15.2 Å². The van der Waals surface area contributed by atoms with Gasteiger partial charge >= 0.3 is 0 Å². The zero-order valence-corrected chi connectivity index (χ0v) is 13.3. The van der Waals surface area contributed by atoms with Crippen molar-refractivity contribution >= 4 is 5.69 Å². The SMILES string of the molecule is CCOc1ccc([N+](=O)[O-])cc1CNCc1ccc(F)c(CO)c1. The molecule has 0 atom stereocenters. The molecule has 0 radical (unpaired) electrons. The Morgan fingerprint density at radius 2 is 2.00 bits per heavy atom. The molecular formula is C17H19FN2O4. The van der Waals surface area contributed by atoms with E-state index in [9.17, 15) is 14.5 Å². The highest BCUT2D eigenvalue weighted by atomic mass is 19.1. The number of non-ortho nitro benzene ring substituents is 1. The number of halogens is 1. The van der Waals surface area contributed by atoms with Crippen molar-refractivity contribution in [3.63, 3.8) is 0 Å². The number of nitro groups is 1. The van der Waals surface area contributed by atoms with E-state index in [1.807, 2.05) is 6.92 Å². The van der Waals surface area contributed by atoms with Gasteiger partial charge in [-0.3, -0.25) is 10.1 Å². The number of nitrogens with one attached hydrogen (secondary N) is 1. The van der Waals surface area contributed by atoms with Crippen LogP contribution in [0.4, 0.5) is 10.1 Å². The van der Waals surface area contributed by atoms with Crippen molar-refractivity contribution in [2.45, 2.75) is 26.6 Å². The first-order valence-electron chi connectivity index (χ1n) is 7.54. The van der Waals surface area contributed by atoms with Crippen LogP contribution < -0.4 is 10.1 Å². The van der Waals surface area contributed by atoms with Crippen LogP contribution in [0.25, 0.3) is 0 Å². The van der Waals surface area contributed by atoms with Crippen molar-refractivity contribution in [3.05, 3.63) is 69.0 Å². The van der Waals surface area contributed by atoms with Crippen LogP contribution in [0.15, 0.2) is 36.4 Å². The second-order valence-corrected chi connectivity index (χ2v) is 5.17. The normalized spacial score (nSPS) is 10.6. The summed E-state index contributed by atoms with van der Waals surface area (Å²) < 4.78 is 18.8. The van der Waals surface area contributed by atoms with Gasteiger partial charge in [0.25, 0.3) is 5.69 Å². The van der Waals surface area contributed by atoms with Crippen LogP contribution in [0.2, 0.25) is 0 Å². The average molecular weight is 334 g/mol. The minimum atomic E-state index is -0.452. The monoisotopic (exact) mass is 334 g/mol. The molecule has 2 rings (SSSR count). The summed E-state index contributed by atoms with van der Waals surface area (Å²) in [4.78, 5) is 10.5. The highest BCUT2D eigenvalue weighted by molar-refractivity contribution is 5.43. The number of benzene rings is 2. The van der Waals surface area contributed by atoms with Gasteiger partial charge in [0.2, 0.25) is 0 Å². The van der Waals surface area contributed by atoms with Crippen LogP contribution >= 0.6 is 0 Å². The van der Waals surface area contributed by atoms with Crippen molar-refractivity contribution in [1.29, 1.82) is 0 Å². The largest absolute Gasteiger partial charge is 0.494 e. The summed E-state index contributed by atoms with van der Waals surface area (Å²) in [5, 5.41) is 23.1. The van der Waals surface area contributed by atoms with Crippen molar-refractivity contribution in [2.75, 3.05) is 6.61 Å². The molecule has 2 N–H and O–H groups in total. The fraction of sp³-hybridized carbons (Fsp3) is 0.294. The molecule has 2 aromatic carbocycles. The summed E-state index contributed by atoms with van der Waals surface area (Å²) in [5.41, 5.74) is 1.72. The van der Waals surface area contributed by atoms with Gasteiger partial charge in [0.05, 0.1) is 18.1 Å². The fourth-order valence-corrected chi connectivity index (χ4v) is 2.31. The molecule has 0 heterocycles. The third-order valence-corrected chi connectivity index (χ3v) is 3.48. The van der Waals surface area contributed by atoms with Gasteiger partial charge in [-0.25, -0.2) is 4.39 Å². The van der Waals surface area contributed by atoms with E-state index in [0.29, 0.717) is 31.0 Å². The van der Waals surface area contributed by atoms with Gasteiger partial charge in [0, 0.05) is 36.3 Å². The third kappa shape index (κ3) is 4.50. The van der Waals surface area contributed by atoms with Crippen molar-refractivity contribution in [2.24, 2.45) is 0 Å². The van der Waals surface area contributed by atoms with E-state index in [1.54, 1.807) is 18.2 Å². The molecule has 24 heavy (non-hydrogen) atoms. The Morgan fingerprint density at radius 3 is 2.67 bits per heavy atom. The molecule has 0 bridgehead atoms. The lowest BCUT2D eigenvalue weighted by Crippen LogP contribution is -2.14. The summed E-state index contributed by atoms with van der Waals surface area (Å²) in [5.74, 6) is 0.143. The molecule has 2 aromatic rings. The van der Waals surface area contributed by atoms with Gasteiger partial charge in [0.15, 0.2) is 0 Å². The summed E-state index contributed by atoms with van der Waals surface area (Å²) in [6.07, 6.45) is 0. The minimum Gasteiger partial charge on any atom is -0.494 e. The smallest absolute Gasteiger partial charge is 0.270 e. The molecular weight excluding hydrogens is 315 g/mol. The van der Waals surface area contributed by atoms with E-state index in [2.05, 4.69) is 5.32 Å². The number of aliphatic hydroxyl groups excluding tert-OH is 1. The van der Waals surface area contributed by atoms with Gasteiger partial charge in [0.1, 0.15) is 11.6 Å². The van der Waals surface area contributed by atoms with E-state index < -0.39 is 10.7 Å². The summed E-state index contributed by atoms with van der Waals surface area (Å²) in [7, 11) is 0. The van der Waals surface area contributed by atoms with Gasteiger partial charge in [-0.05, 0) is 30.7 Å². The molecule has 128 valence electrons. The first-order valence-corrected chi connectivity index (χ1v) is 7.54. The number of aliphatic hydroxyl groups is 1. The molecule has 7 heteroatoms. The Balaban J connectivity index is 2.07. The van der Waals surface area contributed by atoms with Gasteiger partial charge in [-0.15, -0.1) is 0 Å². The van der Waals surface area contributed by atoms with E-state index in [1.165, 1.54) is 18.2 Å². The number of hydrogen-bond acceptors (Lipinski definition) is 5. The molecule has 0 amide bonds. The number of nitrogens with zero attached hydrogens (tertiary/aromatic N) is 1. The van der Waals surface area contributed by atoms with Gasteiger partial charge in [-0.1, -0.05) is 6.07 Å². The van der Waals surface area contributed by atoms with Crippen LogP contribution in [0.5, 0.6) is 5.75 Å². The second kappa shape index (κ2) is 8.37. The maximum Gasteiger partial charge on any atom is 0.270 e. The highest BCUT2D eigenvalue weighted by Gasteiger charge is 2.11. The molecule has 0 aliphatic heterocycles. The topological polar surface area (TPSA) is 84.6 Å². The van der Waals surface area contributed by atoms with E-state index in [0.717, 1.165) is 5.56 Å². The predicted octanol–water partition coefficient (Wildman–Crippen LogP) is 2.91. The molecule has 0 saturated carbocycles. The molecule has 0 spiro atoms. The van der Waals surface area contributed by atoms with Gasteiger partial charge in [-0.2, -0.15) is 0 Å². The van der Waals surface area contributed by atoms with E-state index in [-0.39, 0.29) is 17.9 Å². The summed E-state index contributed by atoms with van der Waals surface area (Å²) in [6, 6.07) is 8.98. The lowest BCUT2D eigenvalue weighted by atomic mass is 10.1. The molecule has 0 aliphatic rings. The van der Waals surface area contributed by atoms with Crippen molar-refractivity contribution in [3.8, 4) is 5.75 Å². The van der Waals surface area contributed by atoms with Crippen molar-refractivity contribution in [1.82, 2.24) is 5.32 Å². The Morgan fingerprint density at radius 1 is 1.21 bits per heavy atom. The zero-order valence-electron chi connectivity index (χ0n) is 13.3. The highest BCUT2D eigenvalue weighted by Crippen LogP contribution is 2.24. The van der Waals surface area contributed by atoms with E-state index >= 15 is 0 Å². The predicted molar refractivity (Wildman–Crippen MR) is 87.1 cm³/mol. The maximum atomic E-state index is 13.4. The Hall–Kier alpha value is -2.51. The average Bonchev–Trinajstić information content (AvgIpc) is 2.57. The minimum absolute atomic E-state index is 0.000369. The maximum absolute atomic E-state index is 13.4. The van der Waals surface area contributed by atoms with Crippen molar-refractivity contribution < 1.29 is 19.2 Å². The Kier molecular flexibility index (Phi) is 6.22. The first-order chi connectivity index (χ1) is 11.5. The Bertz CT molecular complexity index is 722. The molecule has 6 nitrogen and oxygen atoms in total. The molecule has 0 aromatic heterocycles. The zero-order chi connectivity index (χ0) is 17.5. The quantitative estimate of drug-likeness (QED) is 0.573. The number of hydrogen-bond donors (Lipinski definition) is 2. The standard InChI is InChI=1S/C17H19FN2O4/c1-2-24-17-6-4-15(20(22)23)8-13(17)10-19-9-12-3-5-16(18)14(7-12)11-21/h3-8,19,21H,2,9-11H2,1H3. The van der Waals surface area contributed by atoms with Crippen LogP contribution in [0.1, 0.15) is 23.6 Å².